The maximum Gasteiger partial charge on any atom is 0.282 e. The molecule has 3 heterocycles. The van der Waals surface area contributed by atoms with Crippen LogP contribution in [0.4, 0.5) is 0 Å². The molecule has 2 saturated heterocycles. The summed E-state index contributed by atoms with van der Waals surface area (Å²) in [7, 11) is -11.3. The van der Waals surface area contributed by atoms with Crippen molar-refractivity contribution < 1.29 is 25.3 Å². The van der Waals surface area contributed by atoms with E-state index < -0.39 is 41.7 Å². The fourth-order valence-corrected chi connectivity index (χ4v) is 9.37. The van der Waals surface area contributed by atoms with Crippen molar-refractivity contribution in [1.29, 1.82) is 0 Å². The number of benzene rings is 1. The van der Waals surface area contributed by atoms with E-state index in [1.165, 1.54) is 16.6 Å². The summed E-state index contributed by atoms with van der Waals surface area (Å²) in [5.41, 5.74) is 7.17. The average molecular weight is 529 g/mol. The molecule has 2 N–H and O–H groups in total. The van der Waals surface area contributed by atoms with Crippen molar-refractivity contribution in [3.63, 3.8) is 0 Å². The van der Waals surface area contributed by atoms with E-state index in [0.29, 0.717) is 12.0 Å². The van der Waals surface area contributed by atoms with Gasteiger partial charge in [-0.3, -0.25) is 0 Å². The predicted molar refractivity (Wildman–Crippen MR) is 128 cm³/mol. The molecule has 0 aliphatic carbocycles. The summed E-state index contributed by atoms with van der Waals surface area (Å²) in [6.07, 6.45) is 1.70. The maximum atomic E-state index is 13.5. The highest BCUT2D eigenvalue weighted by molar-refractivity contribution is 7.92. The number of nitrogens with two attached hydrogens (primary N) is 1. The van der Waals surface area contributed by atoms with Crippen LogP contribution in [0.5, 0.6) is 0 Å². The van der Waals surface area contributed by atoms with Crippen LogP contribution in [0.1, 0.15) is 23.5 Å². The molecule has 2 aliphatic heterocycles. The van der Waals surface area contributed by atoms with Gasteiger partial charge in [0.2, 0.25) is 0 Å². The quantitative estimate of drug-likeness (QED) is 0.534. The zero-order valence-electron chi connectivity index (χ0n) is 18.5. The Morgan fingerprint density at radius 2 is 1.71 bits per heavy atom. The van der Waals surface area contributed by atoms with E-state index in [4.69, 9.17) is 5.73 Å². The van der Waals surface area contributed by atoms with E-state index in [2.05, 4.69) is 4.98 Å². The third kappa shape index (κ3) is 5.34. The molecule has 34 heavy (non-hydrogen) atoms. The summed E-state index contributed by atoms with van der Waals surface area (Å²) in [4.78, 5) is 3.98. The first kappa shape index (κ1) is 25.2. The minimum Gasteiger partial charge on any atom is -0.326 e. The molecule has 0 unspecified atom stereocenters. The maximum absolute atomic E-state index is 13.5. The first-order valence-electron chi connectivity index (χ1n) is 10.9. The highest BCUT2D eigenvalue weighted by Gasteiger charge is 2.45. The Bertz CT molecular complexity index is 1330. The topological polar surface area (TPSA) is 148 Å². The van der Waals surface area contributed by atoms with Crippen molar-refractivity contribution >= 4 is 29.9 Å². The molecule has 2 fully saturated rings. The molecule has 0 spiro atoms. The Hall–Kier alpha value is -1.90. The monoisotopic (exact) mass is 528 g/mol. The van der Waals surface area contributed by atoms with E-state index >= 15 is 0 Å². The summed E-state index contributed by atoms with van der Waals surface area (Å²) in [6.45, 7) is -0.0115. The van der Waals surface area contributed by atoms with E-state index in [1.54, 1.807) is 6.07 Å². The Morgan fingerprint density at radius 3 is 2.35 bits per heavy atom. The summed E-state index contributed by atoms with van der Waals surface area (Å²) >= 11 is 0. The van der Waals surface area contributed by atoms with E-state index in [9.17, 15) is 25.3 Å². The number of hydrogen-bond acceptors (Lipinski definition) is 8. The third-order valence-corrected chi connectivity index (χ3v) is 11.7. The molecule has 0 bridgehead atoms. The Balaban J connectivity index is 1.65. The lowest BCUT2D eigenvalue weighted by molar-refractivity contribution is 0.341. The number of hydrogen-bond donors (Lipinski definition) is 1. The fourth-order valence-electron chi connectivity index (χ4n) is 4.45. The molecule has 0 radical (unpaired) electrons. The first-order valence-corrected chi connectivity index (χ1v) is 15.8. The Morgan fingerprint density at radius 1 is 1.03 bits per heavy atom. The molecular formula is C21H28N4O6S3. The van der Waals surface area contributed by atoms with Crippen molar-refractivity contribution in [2.45, 2.75) is 30.0 Å². The smallest absolute Gasteiger partial charge is 0.282 e. The lowest BCUT2D eigenvalue weighted by Gasteiger charge is -2.32. The molecule has 10 nitrogen and oxygen atoms in total. The molecule has 0 amide bonds. The SMILES string of the molecule is NCc1ccnc(S(=O)(=O)C[C@H]2C[C@@H](c3ccccc3)CN2S(=O)(=O)N2CCS(=O)(=O)CC2)c1. The normalized spacial score (nSPS) is 24.3. The number of nitrogens with zero attached hydrogens (tertiary/aromatic N) is 3. The van der Waals surface area contributed by atoms with E-state index in [-0.39, 0.29) is 48.6 Å². The molecule has 2 aromatic rings. The van der Waals surface area contributed by atoms with Crippen molar-refractivity contribution in [2.24, 2.45) is 5.73 Å². The summed E-state index contributed by atoms with van der Waals surface area (Å²) in [5.74, 6) is -1.11. The van der Waals surface area contributed by atoms with Crippen LogP contribution in [0.15, 0.2) is 53.7 Å². The second kappa shape index (κ2) is 9.63. The summed E-state index contributed by atoms with van der Waals surface area (Å²) in [6, 6.07) is 11.6. The van der Waals surface area contributed by atoms with Gasteiger partial charge in [-0.2, -0.15) is 17.0 Å². The van der Waals surface area contributed by atoms with Crippen LogP contribution in [-0.4, -0.2) is 81.8 Å². The van der Waals surface area contributed by atoms with Crippen LogP contribution in [0.2, 0.25) is 0 Å². The van der Waals surface area contributed by atoms with E-state index in [1.807, 2.05) is 30.3 Å². The molecule has 2 aliphatic rings. The number of pyridine rings is 1. The number of aromatic nitrogens is 1. The van der Waals surface area contributed by atoms with Gasteiger partial charge in [-0.1, -0.05) is 30.3 Å². The van der Waals surface area contributed by atoms with Crippen molar-refractivity contribution in [3.05, 3.63) is 59.8 Å². The minimum absolute atomic E-state index is 0.117. The second-order valence-corrected chi connectivity index (χ2v) is 14.8. The van der Waals surface area contributed by atoms with Crippen molar-refractivity contribution in [2.75, 3.05) is 36.9 Å². The van der Waals surface area contributed by atoms with Gasteiger partial charge in [-0.25, -0.2) is 21.8 Å². The third-order valence-electron chi connectivity index (χ3n) is 6.33. The highest BCUT2D eigenvalue weighted by atomic mass is 32.2. The van der Waals surface area contributed by atoms with Crippen molar-refractivity contribution in [3.8, 4) is 0 Å². The van der Waals surface area contributed by atoms with Gasteiger partial charge in [0.25, 0.3) is 10.2 Å². The van der Waals surface area contributed by atoms with Gasteiger partial charge in [0, 0.05) is 38.4 Å². The standard InChI is InChI=1S/C21H28N4O6S3/c22-14-17-6-7-23-21(12-17)33(28,29)16-20-13-19(18-4-2-1-3-5-18)15-25(20)34(30,31)24-8-10-32(26,27)11-9-24/h1-7,12,19-20H,8-11,13-16,22H2/t19-,20-/m1/s1. The van der Waals surface area contributed by atoms with Crippen LogP contribution in [0.25, 0.3) is 0 Å². The Labute approximate surface area is 200 Å². The van der Waals surface area contributed by atoms with Crippen LogP contribution >= 0.6 is 0 Å². The molecule has 4 rings (SSSR count). The zero-order chi connectivity index (χ0) is 24.6. The molecule has 186 valence electrons. The predicted octanol–water partition coefficient (Wildman–Crippen LogP) is 0.147. The molecular weight excluding hydrogens is 500 g/mol. The molecule has 1 aromatic heterocycles. The average Bonchev–Trinajstić information content (AvgIpc) is 3.23. The van der Waals surface area contributed by atoms with Crippen LogP contribution in [0, 0.1) is 0 Å². The van der Waals surface area contributed by atoms with Crippen LogP contribution in [0.3, 0.4) is 0 Å². The lowest BCUT2D eigenvalue weighted by atomic mass is 9.97. The van der Waals surface area contributed by atoms with Gasteiger partial charge in [0.1, 0.15) is 0 Å². The van der Waals surface area contributed by atoms with Gasteiger partial charge in [0.05, 0.1) is 17.3 Å². The van der Waals surface area contributed by atoms with Crippen LogP contribution in [-0.2, 0) is 36.4 Å². The van der Waals surface area contributed by atoms with E-state index in [0.717, 1.165) is 9.87 Å². The first-order chi connectivity index (χ1) is 16.0. The fraction of sp³-hybridized carbons (Fsp3) is 0.476. The Kier molecular flexibility index (Phi) is 7.14. The molecule has 2 atom stereocenters. The zero-order valence-corrected chi connectivity index (χ0v) is 21.0. The van der Waals surface area contributed by atoms with Gasteiger partial charge in [-0.05, 0) is 35.6 Å². The minimum atomic E-state index is -4.07. The van der Waals surface area contributed by atoms with Crippen molar-refractivity contribution in [1.82, 2.24) is 13.6 Å². The lowest BCUT2D eigenvalue weighted by Crippen LogP contribution is -2.52. The molecule has 13 heteroatoms. The van der Waals surface area contributed by atoms with Crippen LogP contribution < -0.4 is 5.73 Å². The second-order valence-electron chi connectivity index (χ2n) is 8.61. The van der Waals surface area contributed by atoms with Gasteiger partial charge in [0.15, 0.2) is 24.7 Å². The number of rotatable bonds is 7. The largest absolute Gasteiger partial charge is 0.326 e. The summed E-state index contributed by atoms with van der Waals surface area (Å²) < 4.78 is 79.5. The number of sulfone groups is 2. The molecule has 0 saturated carbocycles. The van der Waals surface area contributed by atoms with Gasteiger partial charge < -0.3 is 5.73 Å². The van der Waals surface area contributed by atoms with Gasteiger partial charge in [-0.15, -0.1) is 0 Å². The molecule has 1 aromatic carbocycles. The van der Waals surface area contributed by atoms with Gasteiger partial charge >= 0.3 is 0 Å². The summed E-state index contributed by atoms with van der Waals surface area (Å²) in [5, 5.41) is -0.139. The highest BCUT2D eigenvalue weighted by Crippen LogP contribution is 2.36.